The summed E-state index contributed by atoms with van der Waals surface area (Å²) in [5, 5.41) is 3.54. The van der Waals surface area contributed by atoms with Gasteiger partial charge in [0, 0.05) is 39.2 Å². The van der Waals surface area contributed by atoms with Crippen LogP contribution in [-0.4, -0.2) is 50.8 Å². The fraction of sp³-hybridized carbons (Fsp3) is 0.917. The average molecular weight is 353 g/mol. The Morgan fingerprint density at radius 2 is 2.18 bits per heavy atom. The van der Waals surface area contributed by atoms with Gasteiger partial charge in [-0.3, -0.25) is 4.99 Å². The molecule has 0 aromatic heterocycles. The van der Waals surface area contributed by atoms with Gasteiger partial charge in [-0.15, -0.1) is 24.0 Å². The molecule has 1 heterocycles. The first-order valence-corrected chi connectivity index (χ1v) is 6.30. The van der Waals surface area contributed by atoms with Gasteiger partial charge in [-0.05, 0) is 25.7 Å². The van der Waals surface area contributed by atoms with Crippen molar-refractivity contribution in [3.05, 3.63) is 0 Å². The summed E-state index contributed by atoms with van der Waals surface area (Å²) < 4.78 is 5.21. The lowest BCUT2D eigenvalue weighted by molar-refractivity contribution is 0.157. The molecular weight excluding hydrogens is 329 g/mol. The average Bonchev–Trinajstić information content (AvgIpc) is 2.66. The second kappa shape index (κ2) is 7.41. The number of likely N-dealkylation sites (tertiary alicyclic amines) is 1. The van der Waals surface area contributed by atoms with Crippen LogP contribution in [-0.2, 0) is 4.74 Å². The Bertz CT molecular complexity index is 256. The SMILES string of the molecule is CN=C(NC1CCC1)N1CCC(COC)C1.I. The number of nitrogens with one attached hydrogen (secondary N) is 1. The van der Waals surface area contributed by atoms with Crippen LogP contribution in [0.1, 0.15) is 25.7 Å². The molecule has 1 saturated carbocycles. The van der Waals surface area contributed by atoms with E-state index in [1.54, 1.807) is 7.11 Å². The summed E-state index contributed by atoms with van der Waals surface area (Å²) in [5.74, 6) is 1.76. The van der Waals surface area contributed by atoms with Crippen molar-refractivity contribution in [2.75, 3.05) is 33.9 Å². The van der Waals surface area contributed by atoms with Crippen LogP contribution in [0.2, 0.25) is 0 Å². The molecule has 0 spiro atoms. The Morgan fingerprint density at radius 3 is 2.71 bits per heavy atom. The van der Waals surface area contributed by atoms with Crippen LogP contribution < -0.4 is 5.32 Å². The zero-order chi connectivity index (χ0) is 11.4. The number of hydrogen-bond donors (Lipinski definition) is 1. The van der Waals surface area contributed by atoms with Crippen molar-refractivity contribution >= 4 is 29.9 Å². The van der Waals surface area contributed by atoms with Gasteiger partial charge >= 0.3 is 0 Å². The normalized spacial score (nSPS) is 25.4. The molecule has 0 aromatic rings. The summed E-state index contributed by atoms with van der Waals surface area (Å²) in [6.45, 7) is 3.07. The molecule has 1 saturated heterocycles. The van der Waals surface area contributed by atoms with Crippen LogP contribution in [0.25, 0.3) is 0 Å². The molecule has 2 aliphatic rings. The number of rotatable bonds is 3. The fourth-order valence-electron chi connectivity index (χ4n) is 2.43. The number of methoxy groups -OCH3 is 1. The first-order valence-electron chi connectivity index (χ1n) is 6.30. The van der Waals surface area contributed by atoms with Crippen LogP contribution in [0.3, 0.4) is 0 Å². The number of nitrogens with zero attached hydrogens (tertiary/aromatic N) is 2. The van der Waals surface area contributed by atoms with Crippen LogP contribution in [0.4, 0.5) is 0 Å². The van der Waals surface area contributed by atoms with E-state index in [4.69, 9.17) is 4.74 Å². The highest BCUT2D eigenvalue weighted by atomic mass is 127. The van der Waals surface area contributed by atoms with Gasteiger partial charge in [-0.25, -0.2) is 0 Å². The number of ether oxygens (including phenoxy) is 1. The van der Waals surface area contributed by atoms with Gasteiger partial charge in [0.25, 0.3) is 0 Å². The Balaban J connectivity index is 0.00000144. The van der Waals surface area contributed by atoms with E-state index >= 15 is 0 Å². The third kappa shape index (κ3) is 3.98. The molecule has 17 heavy (non-hydrogen) atoms. The van der Waals surface area contributed by atoms with Gasteiger partial charge < -0.3 is 15.0 Å². The van der Waals surface area contributed by atoms with Gasteiger partial charge in [0.15, 0.2) is 5.96 Å². The smallest absolute Gasteiger partial charge is 0.193 e. The number of guanidine groups is 1. The molecule has 1 N–H and O–H groups in total. The van der Waals surface area contributed by atoms with E-state index in [0.29, 0.717) is 12.0 Å². The lowest BCUT2D eigenvalue weighted by Gasteiger charge is -2.31. The standard InChI is InChI=1S/C12H23N3O.HI/c1-13-12(14-11-4-3-5-11)15-7-6-10(8-15)9-16-2;/h10-11H,3-9H2,1-2H3,(H,13,14);1H. The number of hydrogen-bond acceptors (Lipinski definition) is 2. The highest BCUT2D eigenvalue weighted by molar-refractivity contribution is 14.0. The Hall–Kier alpha value is -0.0400. The van der Waals surface area contributed by atoms with E-state index in [9.17, 15) is 0 Å². The lowest BCUT2D eigenvalue weighted by Crippen LogP contribution is -2.47. The summed E-state index contributed by atoms with van der Waals surface area (Å²) in [7, 11) is 3.66. The molecule has 0 aromatic carbocycles. The Morgan fingerprint density at radius 1 is 1.41 bits per heavy atom. The Kier molecular flexibility index (Phi) is 6.54. The van der Waals surface area contributed by atoms with Gasteiger partial charge in [0.2, 0.25) is 0 Å². The quantitative estimate of drug-likeness (QED) is 0.477. The molecule has 1 atom stereocenters. The summed E-state index contributed by atoms with van der Waals surface area (Å²) in [5.41, 5.74) is 0. The highest BCUT2D eigenvalue weighted by Crippen LogP contribution is 2.20. The first kappa shape index (κ1) is 15.0. The number of halogens is 1. The van der Waals surface area contributed by atoms with E-state index < -0.39 is 0 Å². The highest BCUT2D eigenvalue weighted by Gasteiger charge is 2.27. The van der Waals surface area contributed by atoms with Gasteiger partial charge in [-0.1, -0.05) is 0 Å². The second-order valence-electron chi connectivity index (χ2n) is 4.88. The van der Waals surface area contributed by atoms with Crippen LogP contribution in [0, 0.1) is 5.92 Å². The minimum absolute atomic E-state index is 0. The first-order chi connectivity index (χ1) is 7.83. The number of aliphatic imine (C=N–C) groups is 1. The molecule has 1 aliphatic heterocycles. The molecule has 2 rings (SSSR count). The summed E-state index contributed by atoms with van der Waals surface area (Å²) in [6.07, 6.45) is 5.18. The van der Waals surface area contributed by atoms with Crippen molar-refractivity contribution in [3.8, 4) is 0 Å². The van der Waals surface area contributed by atoms with Crippen molar-refractivity contribution in [3.63, 3.8) is 0 Å². The molecular formula is C12H24IN3O. The van der Waals surface area contributed by atoms with E-state index in [0.717, 1.165) is 25.7 Å². The molecule has 0 amide bonds. The van der Waals surface area contributed by atoms with E-state index in [1.807, 2.05) is 7.05 Å². The minimum atomic E-state index is 0. The zero-order valence-electron chi connectivity index (χ0n) is 10.8. The summed E-state index contributed by atoms with van der Waals surface area (Å²) >= 11 is 0. The van der Waals surface area contributed by atoms with Crippen LogP contribution in [0.15, 0.2) is 4.99 Å². The lowest BCUT2D eigenvalue weighted by atomic mass is 9.93. The van der Waals surface area contributed by atoms with E-state index in [-0.39, 0.29) is 24.0 Å². The molecule has 5 heteroatoms. The maximum atomic E-state index is 5.21. The largest absolute Gasteiger partial charge is 0.384 e. The van der Waals surface area contributed by atoms with E-state index in [1.165, 1.54) is 25.7 Å². The maximum Gasteiger partial charge on any atom is 0.193 e. The van der Waals surface area contributed by atoms with Gasteiger partial charge in [0.1, 0.15) is 0 Å². The predicted molar refractivity (Wildman–Crippen MR) is 81.1 cm³/mol. The maximum absolute atomic E-state index is 5.21. The summed E-state index contributed by atoms with van der Waals surface area (Å²) in [4.78, 5) is 6.74. The molecule has 1 aliphatic carbocycles. The third-order valence-corrected chi connectivity index (χ3v) is 3.64. The van der Waals surface area contributed by atoms with Crippen molar-refractivity contribution in [2.45, 2.75) is 31.7 Å². The fourth-order valence-corrected chi connectivity index (χ4v) is 2.43. The second-order valence-corrected chi connectivity index (χ2v) is 4.88. The van der Waals surface area contributed by atoms with Crippen LogP contribution >= 0.6 is 24.0 Å². The minimum Gasteiger partial charge on any atom is -0.384 e. The molecule has 0 radical (unpaired) electrons. The van der Waals surface area contributed by atoms with Crippen molar-refractivity contribution < 1.29 is 4.74 Å². The zero-order valence-corrected chi connectivity index (χ0v) is 13.1. The van der Waals surface area contributed by atoms with Gasteiger partial charge in [0.05, 0.1) is 6.61 Å². The molecule has 0 bridgehead atoms. The third-order valence-electron chi connectivity index (χ3n) is 3.64. The molecule has 2 fully saturated rings. The topological polar surface area (TPSA) is 36.9 Å². The van der Waals surface area contributed by atoms with Gasteiger partial charge in [-0.2, -0.15) is 0 Å². The van der Waals surface area contributed by atoms with Crippen molar-refractivity contribution in [2.24, 2.45) is 10.9 Å². The van der Waals surface area contributed by atoms with E-state index in [2.05, 4.69) is 15.2 Å². The van der Waals surface area contributed by atoms with Crippen molar-refractivity contribution in [1.29, 1.82) is 0 Å². The molecule has 4 nitrogen and oxygen atoms in total. The molecule has 1 unspecified atom stereocenters. The summed E-state index contributed by atoms with van der Waals surface area (Å²) in [6, 6.07) is 0.667. The Labute approximate surface area is 121 Å². The molecule has 100 valence electrons. The van der Waals surface area contributed by atoms with Crippen molar-refractivity contribution in [1.82, 2.24) is 10.2 Å². The van der Waals surface area contributed by atoms with Crippen LogP contribution in [0.5, 0.6) is 0 Å². The predicted octanol–water partition coefficient (Wildman–Crippen LogP) is 1.70. The monoisotopic (exact) mass is 353 g/mol.